The van der Waals surface area contributed by atoms with E-state index in [2.05, 4.69) is 55.1 Å². The predicted molar refractivity (Wildman–Crippen MR) is 69.7 cm³/mol. The van der Waals surface area contributed by atoms with Gasteiger partial charge in [0.2, 0.25) is 0 Å². The largest absolute Gasteiger partial charge is 0.102 e. The van der Waals surface area contributed by atoms with E-state index in [0.29, 0.717) is 5.92 Å². The van der Waals surface area contributed by atoms with Crippen LogP contribution in [0.2, 0.25) is 0 Å². The Balaban J connectivity index is 0.000000963. The molecule has 0 amide bonds. The second-order valence-electron chi connectivity index (χ2n) is 3.89. The summed E-state index contributed by atoms with van der Waals surface area (Å²) in [7, 11) is 0. The second-order valence-corrected chi connectivity index (χ2v) is 3.89. The van der Waals surface area contributed by atoms with E-state index in [1.165, 1.54) is 22.3 Å². The molecule has 0 saturated carbocycles. The van der Waals surface area contributed by atoms with Crippen LogP contribution in [0.25, 0.3) is 11.1 Å². The molecule has 78 valence electrons. The Labute approximate surface area is 115 Å². The monoisotopic (exact) mass is 401 g/mol. The normalized spacial score (nSPS) is 12.5. The quantitative estimate of drug-likeness (QED) is 0.641. The summed E-state index contributed by atoms with van der Waals surface area (Å²) in [6.45, 7) is 3.94. The van der Waals surface area contributed by atoms with Gasteiger partial charge in [-0.1, -0.05) is 54.6 Å². The third kappa shape index (κ3) is 1.55. The maximum Gasteiger partial charge on any atom is 0.0279 e. The first-order valence-electron chi connectivity index (χ1n) is 5.22. The first-order chi connectivity index (χ1) is 7.42. The minimum atomic E-state index is 0. The van der Waals surface area contributed by atoms with E-state index in [-0.39, 0.29) is 26.6 Å². The Morgan fingerprint density at radius 1 is 0.812 bits per heavy atom. The zero-order chi connectivity index (χ0) is 10.3. The number of rotatable bonds is 1. The molecule has 2 radical (unpaired) electrons. The molecule has 3 rings (SSSR count). The molecule has 1 aliphatic rings. The third-order valence-electron chi connectivity index (χ3n) is 3.12. The molecule has 1 aliphatic carbocycles. The van der Waals surface area contributed by atoms with Gasteiger partial charge in [-0.2, -0.15) is 0 Å². The van der Waals surface area contributed by atoms with Gasteiger partial charge in [0, 0.05) is 32.5 Å². The number of fused-ring (bicyclic) bond motifs is 3. The fraction of sp³-hybridized carbons (Fsp3) is 0.0667. The summed E-state index contributed by atoms with van der Waals surface area (Å²) >= 11 is 0. The van der Waals surface area contributed by atoms with Crippen LogP contribution in [-0.2, 0) is 0 Å². The van der Waals surface area contributed by atoms with E-state index in [0.717, 1.165) is 0 Å². The summed E-state index contributed by atoms with van der Waals surface area (Å²) < 4.78 is 0. The molecule has 0 saturated heterocycles. The van der Waals surface area contributed by atoms with Crippen molar-refractivity contribution in [1.82, 2.24) is 0 Å². The Bertz CT molecular complexity index is 483. The molecule has 0 heterocycles. The molecule has 2 aromatic carbocycles. The third-order valence-corrected chi connectivity index (χ3v) is 3.12. The number of benzene rings is 2. The predicted octanol–water partition coefficient (Wildman–Crippen LogP) is 3.60. The number of hydrogen-bond donors (Lipinski definition) is 0. The van der Waals surface area contributed by atoms with Crippen molar-refractivity contribution >= 4 is 26.6 Å². The Kier molecular flexibility index (Phi) is 3.27. The van der Waals surface area contributed by atoms with Crippen LogP contribution >= 0.6 is 0 Å². The van der Waals surface area contributed by atoms with Crippen molar-refractivity contribution in [2.75, 3.05) is 0 Å². The summed E-state index contributed by atoms with van der Waals surface area (Å²) in [5, 5.41) is 0. The van der Waals surface area contributed by atoms with Crippen LogP contribution in [0, 0.1) is 0 Å². The Hall–Kier alpha value is -0.924. The van der Waals surface area contributed by atoms with Crippen LogP contribution in [-0.4, -0.2) is 26.6 Å². The van der Waals surface area contributed by atoms with E-state index in [1.807, 2.05) is 6.08 Å². The molecular formula is C15H12Po. The molecule has 1 heteroatoms. The molecule has 0 fully saturated rings. The average molecular weight is 401 g/mol. The van der Waals surface area contributed by atoms with Gasteiger partial charge >= 0.3 is 0 Å². The molecule has 2 aromatic rings. The average Bonchev–Trinajstić information content (AvgIpc) is 2.63. The first-order valence-corrected chi connectivity index (χ1v) is 5.22. The van der Waals surface area contributed by atoms with Crippen molar-refractivity contribution in [1.29, 1.82) is 0 Å². The summed E-state index contributed by atoms with van der Waals surface area (Å²) in [6.07, 6.45) is 2.03. The van der Waals surface area contributed by atoms with Gasteiger partial charge in [-0.3, -0.25) is 0 Å². The van der Waals surface area contributed by atoms with Gasteiger partial charge in [-0.25, -0.2) is 0 Å². The Morgan fingerprint density at radius 2 is 1.25 bits per heavy atom. The molecular weight excluding hydrogens is 389 g/mol. The Morgan fingerprint density at radius 3 is 1.69 bits per heavy atom. The SMILES string of the molecule is C=CC1c2ccccc2-c2ccccc21.[Po]. The van der Waals surface area contributed by atoms with Crippen molar-refractivity contribution in [2.24, 2.45) is 0 Å². The van der Waals surface area contributed by atoms with Gasteiger partial charge in [-0.05, 0) is 22.3 Å². The van der Waals surface area contributed by atoms with Gasteiger partial charge in [0.05, 0.1) is 0 Å². The molecule has 0 spiro atoms. The molecule has 0 nitrogen and oxygen atoms in total. The van der Waals surface area contributed by atoms with Crippen molar-refractivity contribution < 1.29 is 0 Å². The first kappa shape index (κ1) is 11.6. The van der Waals surface area contributed by atoms with Crippen molar-refractivity contribution in [3.8, 4) is 11.1 Å². The zero-order valence-electron chi connectivity index (χ0n) is 8.89. The molecule has 0 aliphatic heterocycles. The van der Waals surface area contributed by atoms with E-state index >= 15 is 0 Å². The fourth-order valence-electron chi connectivity index (χ4n) is 2.45. The van der Waals surface area contributed by atoms with Crippen LogP contribution in [0.4, 0.5) is 0 Å². The second kappa shape index (κ2) is 4.52. The van der Waals surface area contributed by atoms with E-state index in [9.17, 15) is 0 Å². The van der Waals surface area contributed by atoms with Crippen LogP contribution < -0.4 is 0 Å². The summed E-state index contributed by atoms with van der Waals surface area (Å²) in [5.41, 5.74) is 5.48. The van der Waals surface area contributed by atoms with Gasteiger partial charge in [0.1, 0.15) is 0 Å². The standard InChI is InChI=1S/C15H12.Po/c1-2-11-12-7-3-5-9-14(12)15-10-6-4-8-13(11)15;/h2-11H,1H2;. The van der Waals surface area contributed by atoms with Gasteiger partial charge < -0.3 is 0 Å². The topological polar surface area (TPSA) is 0 Å². The van der Waals surface area contributed by atoms with Gasteiger partial charge in [-0.15, -0.1) is 6.58 Å². The number of allylic oxidation sites excluding steroid dienone is 1. The molecule has 0 bridgehead atoms. The smallest absolute Gasteiger partial charge is 0.0279 e. The molecule has 0 aromatic heterocycles. The summed E-state index contributed by atoms with van der Waals surface area (Å²) in [5.74, 6) is 0.373. The number of hydrogen-bond acceptors (Lipinski definition) is 0. The maximum atomic E-state index is 3.94. The van der Waals surface area contributed by atoms with Crippen molar-refractivity contribution in [2.45, 2.75) is 5.92 Å². The van der Waals surface area contributed by atoms with E-state index in [4.69, 9.17) is 0 Å². The van der Waals surface area contributed by atoms with E-state index in [1.54, 1.807) is 0 Å². The minimum absolute atomic E-state index is 0. The maximum absolute atomic E-state index is 3.94. The van der Waals surface area contributed by atoms with Crippen molar-refractivity contribution in [3.63, 3.8) is 0 Å². The fourth-order valence-corrected chi connectivity index (χ4v) is 2.45. The summed E-state index contributed by atoms with van der Waals surface area (Å²) in [4.78, 5) is 0. The van der Waals surface area contributed by atoms with Gasteiger partial charge in [0.15, 0.2) is 0 Å². The van der Waals surface area contributed by atoms with E-state index < -0.39 is 0 Å². The van der Waals surface area contributed by atoms with Crippen LogP contribution in [0.15, 0.2) is 61.2 Å². The molecule has 0 atom stereocenters. The van der Waals surface area contributed by atoms with Crippen LogP contribution in [0.3, 0.4) is 0 Å². The van der Waals surface area contributed by atoms with Crippen LogP contribution in [0.1, 0.15) is 17.0 Å². The molecule has 16 heavy (non-hydrogen) atoms. The van der Waals surface area contributed by atoms with Gasteiger partial charge in [0.25, 0.3) is 0 Å². The molecule has 0 unspecified atom stereocenters. The van der Waals surface area contributed by atoms with Crippen LogP contribution in [0.5, 0.6) is 0 Å². The van der Waals surface area contributed by atoms with Crippen molar-refractivity contribution in [3.05, 3.63) is 72.3 Å². The minimum Gasteiger partial charge on any atom is -0.102 e. The zero-order valence-corrected chi connectivity index (χ0v) is 12.1. The molecule has 0 N–H and O–H groups in total. The summed E-state index contributed by atoms with van der Waals surface area (Å²) in [6, 6.07) is 17.2.